The first-order valence-corrected chi connectivity index (χ1v) is 4.88. The summed E-state index contributed by atoms with van der Waals surface area (Å²) in [6.45, 7) is 0. The summed E-state index contributed by atoms with van der Waals surface area (Å²) in [5, 5.41) is 13.8. The van der Waals surface area contributed by atoms with Crippen molar-refractivity contribution < 1.29 is 5.21 Å². The van der Waals surface area contributed by atoms with Gasteiger partial charge in [0.2, 0.25) is 0 Å². The highest BCUT2D eigenvalue weighted by molar-refractivity contribution is 8.00. The van der Waals surface area contributed by atoms with E-state index in [9.17, 15) is 0 Å². The normalized spacial score (nSPS) is 11.2. The van der Waals surface area contributed by atoms with Gasteiger partial charge >= 0.3 is 0 Å². The molecule has 0 bridgehead atoms. The number of nitrogens with zero attached hydrogens (tertiary/aromatic N) is 2. The summed E-state index contributed by atoms with van der Waals surface area (Å²) in [7, 11) is 0. The monoisotopic (exact) mass is 211 g/mol. The lowest BCUT2D eigenvalue weighted by Gasteiger charge is -1.97. The first kappa shape index (κ1) is 10.1. The average Bonchev–Trinajstić information content (AvgIpc) is 2.21. The first-order chi connectivity index (χ1) is 6.36. The molecule has 0 aliphatic carbocycles. The fourth-order valence-corrected chi connectivity index (χ4v) is 1.62. The second-order valence-electron chi connectivity index (χ2n) is 2.12. The predicted molar refractivity (Wildman–Crippen MR) is 56.8 cm³/mol. The Labute approximate surface area is 85.9 Å². The number of pyridine rings is 1. The van der Waals surface area contributed by atoms with E-state index in [1.807, 2.05) is 12.1 Å². The van der Waals surface area contributed by atoms with Gasteiger partial charge in [-0.25, -0.2) is 0 Å². The number of aromatic nitrogens is 1. The molecule has 0 unspecified atom stereocenters. The Balaban J connectivity index is 2.48. The van der Waals surface area contributed by atoms with Crippen LogP contribution in [0.3, 0.4) is 0 Å². The first-order valence-electron chi connectivity index (χ1n) is 3.48. The summed E-state index contributed by atoms with van der Waals surface area (Å²) in [5.74, 6) is 0.518. The van der Waals surface area contributed by atoms with Crippen LogP contribution in [0.5, 0.6) is 0 Å². The van der Waals surface area contributed by atoms with Gasteiger partial charge < -0.3 is 5.21 Å². The summed E-state index contributed by atoms with van der Waals surface area (Å²) in [6, 6.07) is 3.76. The van der Waals surface area contributed by atoms with Crippen LogP contribution in [0.15, 0.2) is 34.6 Å². The van der Waals surface area contributed by atoms with Gasteiger partial charge in [-0.3, -0.25) is 4.98 Å². The molecule has 0 aromatic carbocycles. The van der Waals surface area contributed by atoms with Crippen molar-refractivity contribution in [1.82, 2.24) is 4.98 Å². The molecule has 3 nitrogen and oxygen atoms in total. The van der Waals surface area contributed by atoms with E-state index in [2.05, 4.69) is 27.7 Å². The average molecular weight is 211 g/mol. The van der Waals surface area contributed by atoms with Crippen molar-refractivity contribution in [2.45, 2.75) is 4.90 Å². The second kappa shape index (κ2) is 5.66. The van der Waals surface area contributed by atoms with Gasteiger partial charge in [-0.05, 0) is 12.1 Å². The van der Waals surface area contributed by atoms with Crippen molar-refractivity contribution in [1.29, 1.82) is 0 Å². The lowest BCUT2D eigenvalue weighted by Crippen LogP contribution is -2.01. The smallest absolute Gasteiger partial charge is 0.109 e. The van der Waals surface area contributed by atoms with Crippen molar-refractivity contribution in [3.05, 3.63) is 24.5 Å². The van der Waals surface area contributed by atoms with E-state index in [0.29, 0.717) is 11.5 Å². The number of hydrogen-bond acceptors (Lipinski definition) is 5. The summed E-state index contributed by atoms with van der Waals surface area (Å²) in [4.78, 5) is 4.94. The van der Waals surface area contributed by atoms with Crippen LogP contribution in [-0.4, -0.2) is 27.0 Å². The van der Waals surface area contributed by atoms with Gasteiger partial charge in [0, 0.05) is 23.0 Å². The number of oxime groups is 1. The van der Waals surface area contributed by atoms with Gasteiger partial charge in [-0.1, -0.05) is 17.4 Å². The van der Waals surface area contributed by atoms with Crippen molar-refractivity contribution in [2.75, 3.05) is 5.75 Å². The third-order valence-electron chi connectivity index (χ3n) is 1.26. The lowest BCUT2D eigenvalue weighted by atomic mass is 10.5. The Kier molecular flexibility index (Phi) is 4.42. The van der Waals surface area contributed by atoms with Gasteiger partial charge in [-0.15, -0.1) is 11.8 Å². The highest BCUT2D eigenvalue weighted by atomic mass is 32.2. The van der Waals surface area contributed by atoms with E-state index >= 15 is 0 Å². The van der Waals surface area contributed by atoms with Crippen LogP contribution in [-0.2, 0) is 0 Å². The van der Waals surface area contributed by atoms with Crippen molar-refractivity contribution in [2.24, 2.45) is 5.16 Å². The van der Waals surface area contributed by atoms with E-state index in [1.54, 1.807) is 12.4 Å². The maximum absolute atomic E-state index is 8.44. The van der Waals surface area contributed by atoms with Crippen molar-refractivity contribution in [3.63, 3.8) is 0 Å². The zero-order chi connectivity index (χ0) is 9.52. The maximum Gasteiger partial charge on any atom is 0.109 e. The molecule has 0 aliphatic rings. The van der Waals surface area contributed by atoms with Gasteiger partial charge in [0.1, 0.15) is 5.71 Å². The van der Waals surface area contributed by atoms with Crippen LogP contribution in [0.2, 0.25) is 0 Å². The number of thiocarbonyl (C=S) groups is 1. The highest BCUT2D eigenvalue weighted by Crippen LogP contribution is 2.15. The van der Waals surface area contributed by atoms with Gasteiger partial charge in [0.15, 0.2) is 0 Å². The number of hydrogen-bond donors (Lipinski definition) is 1. The fraction of sp³-hybridized carbons (Fsp3) is 0.125. The zero-order valence-corrected chi connectivity index (χ0v) is 8.31. The second-order valence-corrected chi connectivity index (χ2v) is 3.37. The molecule has 1 rings (SSSR count). The van der Waals surface area contributed by atoms with Crippen molar-refractivity contribution in [3.8, 4) is 0 Å². The minimum Gasteiger partial charge on any atom is -0.411 e. The summed E-state index contributed by atoms with van der Waals surface area (Å²) in [5.41, 5.74) is 0.372. The maximum atomic E-state index is 8.44. The van der Waals surface area contributed by atoms with Crippen molar-refractivity contribution >= 4 is 35.1 Å². The van der Waals surface area contributed by atoms with Crippen LogP contribution < -0.4 is 0 Å². The fourth-order valence-electron chi connectivity index (χ4n) is 0.665. The molecule has 0 saturated heterocycles. The predicted octanol–water partition coefficient (Wildman–Crippen LogP) is 1.88. The van der Waals surface area contributed by atoms with E-state index in [0.717, 1.165) is 4.90 Å². The molecule has 0 fully saturated rings. The minimum absolute atomic E-state index is 0.372. The molecule has 1 aromatic heterocycles. The Bertz CT molecular complexity index is 300. The summed E-state index contributed by atoms with van der Waals surface area (Å²) >= 11 is 6.04. The standard InChI is InChI=1S/C8H7N2OS2/c11-10-7(5-12)6-13-8-1-3-9-4-2-8/h1-4,11H,6H2/b10-7-. The van der Waals surface area contributed by atoms with E-state index in [4.69, 9.17) is 5.21 Å². The Hall–Kier alpha value is -0.940. The van der Waals surface area contributed by atoms with E-state index in [-0.39, 0.29) is 0 Å². The molecule has 1 aromatic rings. The SMILES string of the molecule is O/N=C(/[C]=S)CSc1ccncc1. The molecule has 1 radical (unpaired) electrons. The molecule has 0 saturated carbocycles. The Morgan fingerprint density at radius 1 is 1.62 bits per heavy atom. The van der Waals surface area contributed by atoms with Gasteiger partial charge in [-0.2, -0.15) is 0 Å². The lowest BCUT2D eigenvalue weighted by molar-refractivity contribution is 0.320. The van der Waals surface area contributed by atoms with Crippen LogP contribution in [0.1, 0.15) is 0 Å². The van der Waals surface area contributed by atoms with Crippen LogP contribution in [0, 0.1) is 0 Å². The van der Waals surface area contributed by atoms with E-state index < -0.39 is 0 Å². The molecule has 0 aliphatic heterocycles. The zero-order valence-electron chi connectivity index (χ0n) is 6.67. The molecule has 67 valence electrons. The van der Waals surface area contributed by atoms with Gasteiger partial charge in [0.05, 0.1) is 5.37 Å². The largest absolute Gasteiger partial charge is 0.411 e. The third kappa shape index (κ3) is 3.52. The molecule has 0 spiro atoms. The van der Waals surface area contributed by atoms with E-state index in [1.165, 1.54) is 11.8 Å². The molecule has 13 heavy (non-hydrogen) atoms. The van der Waals surface area contributed by atoms with Crippen LogP contribution in [0.4, 0.5) is 0 Å². The molecular weight excluding hydrogens is 204 g/mol. The number of rotatable bonds is 4. The molecule has 0 atom stereocenters. The highest BCUT2D eigenvalue weighted by Gasteiger charge is 1.98. The molecule has 1 heterocycles. The molecular formula is C8H7N2OS2. The van der Waals surface area contributed by atoms with Crippen LogP contribution >= 0.6 is 24.0 Å². The Morgan fingerprint density at radius 3 is 2.85 bits per heavy atom. The quantitative estimate of drug-likeness (QED) is 0.271. The molecule has 1 N–H and O–H groups in total. The third-order valence-corrected chi connectivity index (χ3v) is 2.52. The topological polar surface area (TPSA) is 45.5 Å². The van der Waals surface area contributed by atoms with Crippen LogP contribution in [0.25, 0.3) is 0 Å². The van der Waals surface area contributed by atoms with Gasteiger partial charge in [0.25, 0.3) is 0 Å². The summed E-state index contributed by atoms with van der Waals surface area (Å²) in [6.07, 6.45) is 3.42. The Morgan fingerprint density at radius 2 is 2.31 bits per heavy atom. The molecule has 0 amide bonds. The minimum atomic E-state index is 0.372. The number of thioether (sulfide) groups is 1. The summed E-state index contributed by atoms with van der Waals surface area (Å²) < 4.78 is 0. The molecule has 5 heteroatoms.